The van der Waals surface area contributed by atoms with Gasteiger partial charge >= 0.3 is 0 Å². The molecule has 0 spiro atoms. The third kappa shape index (κ3) is 6.21. The quantitative estimate of drug-likeness (QED) is 0.411. The maximum absolute atomic E-state index is 5.80. The highest BCUT2D eigenvalue weighted by Gasteiger charge is 2.27. The second kappa shape index (κ2) is 8.90. The number of aliphatic imine (C=N–C) groups is 1. The second-order valence-electron chi connectivity index (χ2n) is 7.11. The summed E-state index contributed by atoms with van der Waals surface area (Å²) in [5, 5.41) is 0. The minimum Gasteiger partial charge on any atom is -0.478 e. The highest BCUT2D eigenvalue weighted by atomic mass is 16.5. The SMILES string of the molecule is CCCCCCC=CC(CC1=NC(C)(C)CO1)c1ccccc1. The molecule has 1 unspecified atom stereocenters. The first-order valence-electron chi connectivity index (χ1n) is 9.04. The molecule has 2 rings (SSSR count). The molecule has 0 saturated heterocycles. The maximum atomic E-state index is 5.80. The molecule has 23 heavy (non-hydrogen) atoms. The fourth-order valence-corrected chi connectivity index (χ4v) is 2.90. The highest BCUT2D eigenvalue weighted by molar-refractivity contribution is 5.79. The predicted octanol–water partition coefficient (Wildman–Crippen LogP) is 5.89. The lowest BCUT2D eigenvalue weighted by molar-refractivity contribution is 0.273. The van der Waals surface area contributed by atoms with E-state index in [4.69, 9.17) is 9.73 Å². The Morgan fingerprint density at radius 3 is 2.61 bits per heavy atom. The van der Waals surface area contributed by atoms with Crippen molar-refractivity contribution in [2.24, 2.45) is 4.99 Å². The van der Waals surface area contributed by atoms with E-state index in [1.165, 1.54) is 37.7 Å². The van der Waals surface area contributed by atoms with Gasteiger partial charge in [-0.3, -0.25) is 0 Å². The normalized spacial score (nSPS) is 18.0. The van der Waals surface area contributed by atoms with Crippen LogP contribution in [-0.2, 0) is 4.74 Å². The van der Waals surface area contributed by atoms with Gasteiger partial charge in [-0.25, -0.2) is 4.99 Å². The van der Waals surface area contributed by atoms with E-state index in [-0.39, 0.29) is 5.54 Å². The highest BCUT2D eigenvalue weighted by Crippen LogP contribution is 2.27. The third-order valence-corrected chi connectivity index (χ3v) is 4.23. The number of nitrogens with zero attached hydrogens (tertiary/aromatic N) is 1. The second-order valence-corrected chi connectivity index (χ2v) is 7.11. The first-order valence-corrected chi connectivity index (χ1v) is 9.04. The molecule has 1 aromatic carbocycles. The lowest BCUT2D eigenvalue weighted by Gasteiger charge is -2.13. The Morgan fingerprint density at radius 2 is 1.96 bits per heavy atom. The van der Waals surface area contributed by atoms with Gasteiger partial charge in [0, 0.05) is 12.3 Å². The summed E-state index contributed by atoms with van der Waals surface area (Å²) in [6, 6.07) is 10.7. The van der Waals surface area contributed by atoms with E-state index in [1.807, 2.05) is 0 Å². The molecule has 0 radical (unpaired) electrons. The molecule has 1 aliphatic rings. The van der Waals surface area contributed by atoms with Crippen LogP contribution < -0.4 is 0 Å². The topological polar surface area (TPSA) is 21.6 Å². The molecule has 1 aromatic rings. The number of unbranched alkanes of at least 4 members (excludes halogenated alkanes) is 4. The molecule has 0 aromatic heterocycles. The van der Waals surface area contributed by atoms with E-state index in [0.717, 1.165) is 12.3 Å². The van der Waals surface area contributed by atoms with Crippen molar-refractivity contribution >= 4 is 5.90 Å². The number of hydrogen-bond acceptors (Lipinski definition) is 2. The van der Waals surface area contributed by atoms with Crippen LogP contribution in [0.4, 0.5) is 0 Å². The zero-order valence-electron chi connectivity index (χ0n) is 14.9. The van der Waals surface area contributed by atoms with Gasteiger partial charge in [0.2, 0.25) is 0 Å². The molecule has 126 valence electrons. The lowest BCUT2D eigenvalue weighted by atomic mass is 9.94. The van der Waals surface area contributed by atoms with Crippen LogP contribution in [0.25, 0.3) is 0 Å². The van der Waals surface area contributed by atoms with Gasteiger partial charge in [0.1, 0.15) is 6.61 Å². The number of allylic oxidation sites excluding steroid dienone is 2. The minimum absolute atomic E-state index is 0.0690. The molecule has 0 N–H and O–H groups in total. The number of rotatable bonds is 9. The lowest BCUT2D eigenvalue weighted by Crippen LogP contribution is -2.17. The van der Waals surface area contributed by atoms with E-state index in [1.54, 1.807) is 0 Å². The van der Waals surface area contributed by atoms with Crippen molar-refractivity contribution in [1.29, 1.82) is 0 Å². The third-order valence-electron chi connectivity index (χ3n) is 4.23. The fraction of sp³-hybridized carbons (Fsp3) is 0.571. The van der Waals surface area contributed by atoms with E-state index in [0.29, 0.717) is 12.5 Å². The molecule has 0 saturated carbocycles. The number of ether oxygens (including phenoxy) is 1. The van der Waals surface area contributed by atoms with Gasteiger partial charge in [0.15, 0.2) is 5.90 Å². The molecular weight excluding hydrogens is 282 g/mol. The zero-order valence-corrected chi connectivity index (χ0v) is 14.9. The molecule has 1 aliphatic heterocycles. The molecule has 0 amide bonds. The Morgan fingerprint density at radius 1 is 1.17 bits per heavy atom. The van der Waals surface area contributed by atoms with E-state index in [2.05, 4.69) is 63.3 Å². The summed E-state index contributed by atoms with van der Waals surface area (Å²) >= 11 is 0. The van der Waals surface area contributed by atoms with Gasteiger partial charge in [0.05, 0.1) is 5.54 Å². The average molecular weight is 313 g/mol. The molecule has 0 fully saturated rings. The van der Waals surface area contributed by atoms with E-state index >= 15 is 0 Å². The maximum Gasteiger partial charge on any atom is 0.184 e. The summed E-state index contributed by atoms with van der Waals surface area (Å²) in [5.41, 5.74) is 1.27. The molecule has 0 aliphatic carbocycles. The number of hydrogen-bond donors (Lipinski definition) is 0. The Labute approximate surface area is 141 Å². The van der Waals surface area contributed by atoms with Crippen LogP contribution >= 0.6 is 0 Å². The van der Waals surface area contributed by atoms with Crippen molar-refractivity contribution in [2.45, 2.75) is 70.8 Å². The van der Waals surface area contributed by atoms with Crippen LogP contribution in [0.2, 0.25) is 0 Å². The zero-order chi connectivity index (χ0) is 16.5. The Bertz CT molecular complexity index is 516. The minimum atomic E-state index is -0.0690. The summed E-state index contributed by atoms with van der Waals surface area (Å²) in [5.74, 6) is 1.26. The Balaban J connectivity index is 1.97. The van der Waals surface area contributed by atoms with Crippen LogP contribution in [0.5, 0.6) is 0 Å². The molecule has 1 atom stereocenters. The van der Waals surface area contributed by atoms with Gasteiger partial charge in [0.25, 0.3) is 0 Å². The summed E-state index contributed by atoms with van der Waals surface area (Å²) in [4.78, 5) is 4.72. The molecular formula is C21H31NO. The van der Waals surface area contributed by atoms with E-state index in [9.17, 15) is 0 Å². The summed E-state index contributed by atoms with van der Waals surface area (Å²) in [6.07, 6.45) is 12.0. The summed E-state index contributed by atoms with van der Waals surface area (Å²) in [7, 11) is 0. The van der Waals surface area contributed by atoms with E-state index < -0.39 is 0 Å². The first kappa shape index (κ1) is 17.8. The van der Waals surface area contributed by atoms with Crippen LogP contribution in [0.15, 0.2) is 47.5 Å². The van der Waals surface area contributed by atoms with Gasteiger partial charge < -0.3 is 4.74 Å². The Hall–Kier alpha value is -1.57. The standard InChI is InChI=1S/C21H31NO/c1-4-5-6-7-8-10-15-19(18-13-11-9-12-14-18)16-20-22-21(2,3)17-23-20/h9-15,19H,4-8,16-17H2,1-3H3. The van der Waals surface area contributed by atoms with Gasteiger partial charge in [-0.2, -0.15) is 0 Å². The van der Waals surface area contributed by atoms with Gasteiger partial charge in [-0.05, 0) is 32.3 Å². The van der Waals surface area contributed by atoms with Crippen molar-refractivity contribution < 1.29 is 4.74 Å². The van der Waals surface area contributed by atoms with Crippen LogP contribution in [0.3, 0.4) is 0 Å². The predicted molar refractivity (Wildman–Crippen MR) is 99.2 cm³/mol. The molecule has 0 bridgehead atoms. The monoisotopic (exact) mass is 313 g/mol. The Kier molecular flexibility index (Phi) is 6.88. The van der Waals surface area contributed by atoms with Crippen molar-refractivity contribution in [3.8, 4) is 0 Å². The van der Waals surface area contributed by atoms with Crippen molar-refractivity contribution in [3.63, 3.8) is 0 Å². The average Bonchev–Trinajstić information content (AvgIpc) is 2.89. The molecule has 1 heterocycles. The fourth-order valence-electron chi connectivity index (χ4n) is 2.90. The summed E-state index contributed by atoms with van der Waals surface area (Å²) < 4.78 is 5.80. The van der Waals surface area contributed by atoms with Gasteiger partial charge in [-0.15, -0.1) is 0 Å². The van der Waals surface area contributed by atoms with Gasteiger partial charge in [-0.1, -0.05) is 68.7 Å². The smallest absolute Gasteiger partial charge is 0.184 e. The van der Waals surface area contributed by atoms with Crippen LogP contribution in [-0.4, -0.2) is 18.0 Å². The summed E-state index contributed by atoms with van der Waals surface area (Å²) in [6.45, 7) is 7.21. The van der Waals surface area contributed by atoms with Crippen molar-refractivity contribution in [3.05, 3.63) is 48.0 Å². The van der Waals surface area contributed by atoms with Crippen LogP contribution in [0, 0.1) is 0 Å². The van der Waals surface area contributed by atoms with Crippen LogP contribution in [0.1, 0.15) is 70.8 Å². The molecule has 2 heteroatoms. The largest absolute Gasteiger partial charge is 0.478 e. The van der Waals surface area contributed by atoms with Crippen molar-refractivity contribution in [1.82, 2.24) is 0 Å². The number of benzene rings is 1. The van der Waals surface area contributed by atoms with Crippen molar-refractivity contribution in [2.75, 3.05) is 6.61 Å². The molecule has 2 nitrogen and oxygen atoms in total. The first-order chi connectivity index (χ1) is 11.1.